The molecule has 6 rings (SSSR count). The molecular formula is C18H19N5O2. The van der Waals surface area contributed by atoms with Crippen LogP contribution in [0.5, 0.6) is 0 Å². The van der Waals surface area contributed by atoms with Crippen LogP contribution in [0.2, 0.25) is 0 Å². The number of nitrogens with one attached hydrogen (secondary N) is 2. The predicted octanol–water partition coefficient (Wildman–Crippen LogP) is 2.04. The van der Waals surface area contributed by atoms with Crippen LogP contribution in [0.4, 0.5) is 0 Å². The van der Waals surface area contributed by atoms with Crippen molar-refractivity contribution in [1.82, 2.24) is 25.4 Å². The molecule has 0 unspecified atom stereocenters. The number of rotatable bonds is 3. The number of H-pyrrole nitrogens is 1. The summed E-state index contributed by atoms with van der Waals surface area (Å²) in [5, 5.41) is 11.2. The molecule has 1 amide bonds. The van der Waals surface area contributed by atoms with E-state index in [1.165, 1.54) is 12.8 Å². The van der Waals surface area contributed by atoms with Crippen molar-refractivity contribution in [3.8, 4) is 11.5 Å². The highest BCUT2D eigenvalue weighted by Gasteiger charge is 2.35. The number of nitrogens with zero attached hydrogens (tertiary/aromatic N) is 3. The van der Waals surface area contributed by atoms with Gasteiger partial charge in [-0.15, -0.1) is 0 Å². The van der Waals surface area contributed by atoms with E-state index in [2.05, 4.69) is 25.4 Å². The molecule has 0 spiro atoms. The fraction of sp³-hybridized carbons (Fsp3) is 0.389. The molecule has 7 nitrogen and oxygen atoms in total. The summed E-state index contributed by atoms with van der Waals surface area (Å²) in [6.45, 7) is 3.27. The van der Waals surface area contributed by atoms with E-state index in [1.54, 1.807) is 12.5 Å². The van der Waals surface area contributed by atoms with Gasteiger partial charge in [0.15, 0.2) is 5.69 Å². The second-order valence-electron chi connectivity index (χ2n) is 6.89. The lowest BCUT2D eigenvalue weighted by atomic mass is 9.84. The van der Waals surface area contributed by atoms with E-state index in [0.29, 0.717) is 17.5 Å². The van der Waals surface area contributed by atoms with Crippen molar-refractivity contribution in [2.45, 2.75) is 18.9 Å². The Kier molecular flexibility index (Phi) is 3.34. The summed E-state index contributed by atoms with van der Waals surface area (Å²) in [5.74, 6) is 1.04. The van der Waals surface area contributed by atoms with Gasteiger partial charge in [0.05, 0.1) is 11.7 Å². The summed E-state index contributed by atoms with van der Waals surface area (Å²) in [4.78, 5) is 19.3. The molecular weight excluding hydrogens is 318 g/mol. The molecule has 0 aliphatic carbocycles. The van der Waals surface area contributed by atoms with Crippen molar-refractivity contribution in [1.29, 1.82) is 0 Å². The number of hydrogen-bond acceptors (Lipinski definition) is 5. The molecule has 2 bridgehead atoms. The van der Waals surface area contributed by atoms with Crippen molar-refractivity contribution >= 4 is 16.8 Å². The monoisotopic (exact) mass is 337 g/mol. The maximum absolute atomic E-state index is 12.7. The van der Waals surface area contributed by atoms with Gasteiger partial charge in [0.1, 0.15) is 6.26 Å². The van der Waals surface area contributed by atoms with Crippen molar-refractivity contribution < 1.29 is 9.21 Å². The minimum atomic E-state index is -0.103. The molecule has 1 aromatic carbocycles. The number of fused-ring (bicyclic) bond motifs is 4. The minimum absolute atomic E-state index is 0.103. The Bertz CT molecular complexity index is 909. The van der Waals surface area contributed by atoms with E-state index in [9.17, 15) is 4.79 Å². The fourth-order valence-electron chi connectivity index (χ4n) is 4.06. The van der Waals surface area contributed by atoms with Gasteiger partial charge in [0.2, 0.25) is 5.89 Å². The standard InChI is InChI=1S/C18H19N5O2/c24-17(20-15-10-23-6-3-11(15)4-7-23)16-13-2-1-12(9-14(13)21-22-16)18-19-5-8-25-18/h1-2,5,8-9,11,15H,3-4,6-7,10H2,(H,20,24)(H,21,22)/t15-/m1/s1. The summed E-state index contributed by atoms with van der Waals surface area (Å²) < 4.78 is 5.32. The average molecular weight is 337 g/mol. The summed E-state index contributed by atoms with van der Waals surface area (Å²) in [5.41, 5.74) is 2.10. The molecule has 2 aromatic heterocycles. The molecule has 2 N–H and O–H groups in total. The molecule has 3 fully saturated rings. The fourth-order valence-corrected chi connectivity index (χ4v) is 4.06. The lowest BCUT2D eigenvalue weighted by Gasteiger charge is -2.44. The van der Waals surface area contributed by atoms with E-state index in [1.807, 2.05) is 18.2 Å². The zero-order valence-electron chi connectivity index (χ0n) is 13.7. The first-order chi connectivity index (χ1) is 12.3. The van der Waals surface area contributed by atoms with Gasteiger partial charge in [-0.1, -0.05) is 0 Å². The molecule has 1 atom stereocenters. The smallest absolute Gasteiger partial charge is 0.272 e. The van der Waals surface area contributed by atoms with Crippen molar-refractivity contribution in [2.24, 2.45) is 5.92 Å². The van der Waals surface area contributed by atoms with Gasteiger partial charge in [-0.25, -0.2) is 4.98 Å². The second-order valence-corrected chi connectivity index (χ2v) is 6.89. The molecule has 0 radical (unpaired) electrons. The number of oxazole rings is 1. The van der Waals surface area contributed by atoms with Crippen LogP contribution >= 0.6 is 0 Å². The number of amides is 1. The molecule has 25 heavy (non-hydrogen) atoms. The van der Waals surface area contributed by atoms with E-state index in [4.69, 9.17) is 4.42 Å². The summed E-state index contributed by atoms with van der Waals surface area (Å²) in [6.07, 6.45) is 5.50. The van der Waals surface area contributed by atoms with Gasteiger partial charge in [-0.2, -0.15) is 5.10 Å². The SMILES string of the molecule is O=C(N[C@@H]1CN2CCC1CC2)c1n[nH]c2cc(-c3ncco3)ccc12. The predicted molar refractivity (Wildman–Crippen MR) is 92.0 cm³/mol. The molecule has 3 saturated heterocycles. The van der Waals surface area contributed by atoms with E-state index in [-0.39, 0.29) is 11.9 Å². The third kappa shape index (κ3) is 2.51. The molecule has 3 aromatic rings. The maximum Gasteiger partial charge on any atom is 0.272 e. The van der Waals surface area contributed by atoms with Gasteiger partial charge < -0.3 is 14.6 Å². The topological polar surface area (TPSA) is 87.0 Å². The average Bonchev–Trinajstić information content (AvgIpc) is 3.32. The van der Waals surface area contributed by atoms with Gasteiger partial charge >= 0.3 is 0 Å². The Morgan fingerprint density at radius 2 is 2.20 bits per heavy atom. The molecule has 7 heteroatoms. The number of carbonyl (C=O) groups excluding carboxylic acids is 1. The lowest BCUT2D eigenvalue weighted by molar-refractivity contribution is 0.0618. The van der Waals surface area contributed by atoms with Crippen molar-refractivity contribution in [3.63, 3.8) is 0 Å². The third-order valence-electron chi connectivity index (χ3n) is 5.43. The maximum atomic E-state index is 12.7. The minimum Gasteiger partial charge on any atom is -0.445 e. The highest BCUT2D eigenvalue weighted by Crippen LogP contribution is 2.28. The number of aromatic amines is 1. The first kappa shape index (κ1) is 14.7. The van der Waals surface area contributed by atoms with E-state index >= 15 is 0 Å². The van der Waals surface area contributed by atoms with Crippen LogP contribution in [0.3, 0.4) is 0 Å². The second kappa shape index (κ2) is 5.70. The van der Waals surface area contributed by atoms with Crippen LogP contribution in [0.25, 0.3) is 22.4 Å². The Hall–Kier alpha value is -2.67. The quantitative estimate of drug-likeness (QED) is 0.764. The number of piperidine rings is 3. The Balaban J connectivity index is 1.40. The summed E-state index contributed by atoms with van der Waals surface area (Å²) >= 11 is 0. The van der Waals surface area contributed by atoms with Crippen LogP contribution in [-0.2, 0) is 0 Å². The lowest BCUT2D eigenvalue weighted by Crippen LogP contribution is -2.57. The zero-order valence-corrected chi connectivity index (χ0v) is 13.7. The van der Waals surface area contributed by atoms with Gasteiger partial charge in [0.25, 0.3) is 5.91 Å². The van der Waals surface area contributed by atoms with Crippen molar-refractivity contribution in [3.05, 3.63) is 36.4 Å². The molecule has 3 aliphatic heterocycles. The number of carbonyl (C=O) groups is 1. The van der Waals surface area contributed by atoms with Gasteiger partial charge in [-0.3, -0.25) is 9.89 Å². The Morgan fingerprint density at radius 1 is 1.32 bits per heavy atom. The summed E-state index contributed by atoms with van der Waals surface area (Å²) in [7, 11) is 0. The third-order valence-corrected chi connectivity index (χ3v) is 5.43. The van der Waals surface area contributed by atoms with Crippen molar-refractivity contribution in [2.75, 3.05) is 19.6 Å². The zero-order chi connectivity index (χ0) is 16.8. The number of benzene rings is 1. The highest BCUT2D eigenvalue weighted by atomic mass is 16.3. The van der Waals surface area contributed by atoms with Crippen LogP contribution < -0.4 is 5.32 Å². The van der Waals surface area contributed by atoms with E-state index < -0.39 is 0 Å². The first-order valence-electron chi connectivity index (χ1n) is 8.69. The van der Waals surface area contributed by atoms with Crippen LogP contribution in [0, 0.1) is 5.92 Å². The van der Waals surface area contributed by atoms with Crippen LogP contribution in [-0.4, -0.2) is 51.7 Å². The van der Waals surface area contributed by atoms with Crippen LogP contribution in [0.15, 0.2) is 35.1 Å². The molecule has 5 heterocycles. The Morgan fingerprint density at radius 3 is 2.92 bits per heavy atom. The largest absolute Gasteiger partial charge is 0.445 e. The number of aromatic nitrogens is 3. The molecule has 3 aliphatic rings. The van der Waals surface area contributed by atoms with Gasteiger partial charge in [0, 0.05) is 23.5 Å². The normalized spacial score (nSPS) is 25.4. The molecule has 0 saturated carbocycles. The van der Waals surface area contributed by atoms with Crippen LogP contribution in [0.1, 0.15) is 23.3 Å². The highest BCUT2D eigenvalue weighted by molar-refractivity contribution is 6.05. The first-order valence-corrected chi connectivity index (χ1v) is 8.69. The number of hydrogen-bond donors (Lipinski definition) is 2. The van der Waals surface area contributed by atoms with E-state index in [0.717, 1.165) is 36.1 Å². The summed E-state index contributed by atoms with van der Waals surface area (Å²) in [6, 6.07) is 5.92. The molecule has 128 valence electrons. The van der Waals surface area contributed by atoms with Gasteiger partial charge in [-0.05, 0) is 50.0 Å². The Labute approximate surface area is 144 Å².